The molecule has 1 heterocycles. The predicted molar refractivity (Wildman–Crippen MR) is 102 cm³/mol. The largest absolute Gasteiger partial charge is 0.344 e. The Kier molecular flexibility index (Phi) is 5.46. The number of halogens is 1. The lowest BCUT2D eigenvalue weighted by molar-refractivity contribution is -0.138. The summed E-state index contributed by atoms with van der Waals surface area (Å²) in [7, 11) is 0. The van der Waals surface area contributed by atoms with Gasteiger partial charge in [0.1, 0.15) is 5.54 Å². The van der Waals surface area contributed by atoms with Crippen LogP contribution in [0.2, 0.25) is 5.02 Å². The number of urea groups is 1. The first-order chi connectivity index (χ1) is 12.9. The number of nitrogens with one attached hydrogen (secondary N) is 2. The third-order valence-corrected chi connectivity index (χ3v) is 4.78. The highest BCUT2D eigenvalue weighted by Crippen LogP contribution is 2.22. The van der Waals surface area contributed by atoms with Crippen LogP contribution in [0.25, 0.3) is 0 Å². The minimum Gasteiger partial charge on any atom is -0.322 e. The summed E-state index contributed by atoms with van der Waals surface area (Å²) < 4.78 is 0. The lowest BCUT2D eigenvalue weighted by Crippen LogP contribution is -2.49. The number of amides is 4. The van der Waals surface area contributed by atoms with Gasteiger partial charge in [-0.05, 0) is 43.0 Å². The molecule has 2 N–H and O–H groups in total. The quantitative estimate of drug-likeness (QED) is 0.750. The van der Waals surface area contributed by atoms with Crippen molar-refractivity contribution in [3.05, 3.63) is 70.7 Å². The second-order valence-electron chi connectivity index (χ2n) is 6.73. The number of benzene rings is 2. The molecule has 1 aliphatic heterocycles. The summed E-state index contributed by atoms with van der Waals surface area (Å²) in [6.07, 6.45) is 1.11. The molecular formula is C20H20ClN3O3. The molecule has 27 heavy (non-hydrogen) atoms. The minimum atomic E-state index is -1.06. The molecule has 4 amide bonds. The highest BCUT2D eigenvalue weighted by Gasteiger charge is 2.48. The standard InChI is InChI=1S/C20H20ClN3O3/c1-20(12-11-14-5-3-2-4-6-14)18(26)24(19(27)22-20)23-17(25)13-15-7-9-16(21)10-8-15/h2-10H,11-13H2,1H3,(H,22,27)(H,23,25). The normalized spacial score (nSPS) is 19.1. The number of nitrogens with zero attached hydrogens (tertiary/aromatic N) is 1. The van der Waals surface area contributed by atoms with E-state index in [1.807, 2.05) is 30.3 Å². The predicted octanol–water partition coefficient (Wildman–Crippen LogP) is 2.86. The Hall–Kier alpha value is -2.86. The zero-order valence-electron chi connectivity index (χ0n) is 14.9. The molecule has 0 saturated carbocycles. The van der Waals surface area contributed by atoms with Crippen LogP contribution in [0.3, 0.4) is 0 Å². The summed E-state index contributed by atoms with van der Waals surface area (Å²) in [5.74, 6) is -0.916. The molecule has 0 spiro atoms. The van der Waals surface area contributed by atoms with Gasteiger partial charge in [-0.1, -0.05) is 54.1 Å². The second-order valence-corrected chi connectivity index (χ2v) is 7.16. The number of hydrazine groups is 1. The van der Waals surface area contributed by atoms with Crippen molar-refractivity contribution in [3.63, 3.8) is 0 Å². The Morgan fingerprint density at radius 2 is 1.74 bits per heavy atom. The number of hydrogen-bond donors (Lipinski definition) is 2. The average Bonchev–Trinajstić information content (AvgIpc) is 2.86. The molecular weight excluding hydrogens is 366 g/mol. The van der Waals surface area contributed by atoms with Gasteiger partial charge in [0.05, 0.1) is 6.42 Å². The molecule has 1 atom stereocenters. The zero-order valence-corrected chi connectivity index (χ0v) is 15.6. The molecule has 6 nitrogen and oxygen atoms in total. The Morgan fingerprint density at radius 1 is 1.07 bits per heavy atom. The molecule has 1 unspecified atom stereocenters. The van der Waals surface area contributed by atoms with Crippen molar-refractivity contribution in [3.8, 4) is 0 Å². The maximum atomic E-state index is 12.7. The fourth-order valence-corrected chi connectivity index (χ4v) is 3.07. The fourth-order valence-electron chi connectivity index (χ4n) is 2.95. The van der Waals surface area contributed by atoms with Crippen LogP contribution in [-0.2, 0) is 22.4 Å². The monoisotopic (exact) mass is 385 g/mol. The van der Waals surface area contributed by atoms with Gasteiger partial charge in [0.25, 0.3) is 5.91 Å². The first-order valence-corrected chi connectivity index (χ1v) is 9.00. The smallest absolute Gasteiger partial charge is 0.322 e. The molecule has 7 heteroatoms. The molecule has 140 valence electrons. The molecule has 1 aliphatic rings. The maximum Gasteiger partial charge on any atom is 0.344 e. The van der Waals surface area contributed by atoms with Crippen molar-refractivity contribution in [2.24, 2.45) is 0 Å². The van der Waals surface area contributed by atoms with E-state index in [2.05, 4.69) is 10.7 Å². The molecule has 0 radical (unpaired) electrons. The lowest BCUT2D eigenvalue weighted by atomic mass is 9.93. The van der Waals surface area contributed by atoms with Crippen LogP contribution >= 0.6 is 11.6 Å². The van der Waals surface area contributed by atoms with Crippen LogP contribution < -0.4 is 10.7 Å². The molecule has 1 saturated heterocycles. The Morgan fingerprint density at radius 3 is 2.41 bits per heavy atom. The topological polar surface area (TPSA) is 78.5 Å². The summed E-state index contributed by atoms with van der Waals surface area (Å²) >= 11 is 5.82. The number of imide groups is 1. The van der Waals surface area contributed by atoms with Gasteiger partial charge in [-0.2, -0.15) is 5.01 Å². The van der Waals surface area contributed by atoms with Crippen LogP contribution in [-0.4, -0.2) is 28.4 Å². The van der Waals surface area contributed by atoms with Crippen LogP contribution in [0.4, 0.5) is 4.79 Å². The Balaban J connectivity index is 1.61. The summed E-state index contributed by atoms with van der Waals surface area (Å²) in [5, 5.41) is 4.02. The Bertz CT molecular complexity index is 855. The lowest BCUT2D eigenvalue weighted by Gasteiger charge is -2.21. The van der Waals surface area contributed by atoms with Crippen molar-refractivity contribution in [1.29, 1.82) is 0 Å². The van der Waals surface area contributed by atoms with E-state index in [9.17, 15) is 14.4 Å². The van der Waals surface area contributed by atoms with Crippen LogP contribution in [0, 0.1) is 0 Å². The van der Waals surface area contributed by atoms with E-state index in [1.165, 1.54) is 0 Å². The van der Waals surface area contributed by atoms with Gasteiger partial charge in [0.15, 0.2) is 0 Å². The summed E-state index contributed by atoms with van der Waals surface area (Å²) in [4.78, 5) is 37.1. The van der Waals surface area contributed by atoms with Crippen molar-refractivity contribution in [2.75, 3.05) is 0 Å². The number of aryl methyl sites for hydroxylation is 1. The van der Waals surface area contributed by atoms with E-state index in [-0.39, 0.29) is 6.42 Å². The molecule has 1 fully saturated rings. The molecule has 0 aliphatic carbocycles. The van der Waals surface area contributed by atoms with Crippen molar-refractivity contribution < 1.29 is 14.4 Å². The van der Waals surface area contributed by atoms with Gasteiger partial charge in [-0.15, -0.1) is 0 Å². The minimum absolute atomic E-state index is 0.0367. The third kappa shape index (κ3) is 4.46. The third-order valence-electron chi connectivity index (χ3n) is 4.53. The summed E-state index contributed by atoms with van der Waals surface area (Å²) in [6, 6.07) is 15.9. The van der Waals surface area contributed by atoms with Gasteiger partial charge in [0.2, 0.25) is 5.91 Å². The number of hydrogen-bond acceptors (Lipinski definition) is 3. The van der Waals surface area contributed by atoms with Gasteiger partial charge >= 0.3 is 6.03 Å². The number of carbonyl (C=O) groups excluding carboxylic acids is 3. The van der Waals surface area contributed by atoms with E-state index < -0.39 is 23.4 Å². The number of carbonyl (C=O) groups is 3. The second kappa shape index (κ2) is 7.80. The van der Waals surface area contributed by atoms with Crippen molar-refractivity contribution >= 4 is 29.4 Å². The highest BCUT2D eigenvalue weighted by molar-refractivity contribution is 6.30. The van der Waals surface area contributed by atoms with Crippen LogP contribution in [0.15, 0.2) is 54.6 Å². The fraction of sp³-hybridized carbons (Fsp3) is 0.250. The maximum absolute atomic E-state index is 12.7. The SMILES string of the molecule is CC1(CCc2ccccc2)NC(=O)N(NC(=O)Cc2ccc(Cl)cc2)C1=O. The van der Waals surface area contributed by atoms with Crippen LogP contribution in [0.1, 0.15) is 24.5 Å². The number of rotatable bonds is 6. The molecule has 0 aromatic heterocycles. The van der Waals surface area contributed by atoms with Gasteiger partial charge in [-0.3, -0.25) is 15.0 Å². The highest BCUT2D eigenvalue weighted by atomic mass is 35.5. The van der Waals surface area contributed by atoms with Gasteiger partial charge in [0, 0.05) is 5.02 Å². The van der Waals surface area contributed by atoms with Crippen LogP contribution in [0.5, 0.6) is 0 Å². The van der Waals surface area contributed by atoms with E-state index in [4.69, 9.17) is 11.6 Å². The average molecular weight is 386 g/mol. The Labute approximate surface area is 162 Å². The van der Waals surface area contributed by atoms with E-state index in [1.54, 1.807) is 31.2 Å². The molecule has 3 rings (SSSR count). The molecule has 2 aromatic rings. The van der Waals surface area contributed by atoms with Gasteiger partial charge in [-0.25, -0.2) is 4.79 Å². The summed E-state index contributed by atoms with van der Waals surface area (Å²) in [5.41, 5.74) is 3.15. The first-order valence-electron chi connectivity index (χ1n) is 8.62. The van der Waals surface area contributed by atoms with E-state index >= 15 is 0 Å². The van der Waals surface area contributed by atoms with Crippen molar-refractivity contribution in [2.45, 2.75) is 31.7 Å². The molecule has 0 bridgehead atoms. The van der Waals surface area contributed by atoms with Gasteiger partial charge < -0.3 is 5.32 Å². The summed E-state index contributed by atoms with van der Waals surface area (Å²) in [6.45, 7) is 1.67. The van der Waals surface area contributed by atoms with E-state index in [0.717, 1.165) is 16.1 Å². The zero-order chi connectivity index (χ0) is 19.4. The van der Waals surface area contributed by atoms with Crippen molar-refractivity contribution in [1.82, 2.24) is 15.8 Å². The van der Waals surface area contributed by atoms with E-state index in [0.29, 0.717) is 17.9 Å². The first kappa shape index (κ1) is 18.9. The molecule has 2 aromatic carbocycles.